The first-order chi connectivity index (χ1) is 8.14. The molecular weight excluding hydrogens is 238 g/mol. The Hall–Kier alpha value is -0.910. The van der Waals surface area contributed by atoms with E-state index in [0.717, 1.165) is 5.56 Å². The van der Waals surface area contributed by atoms with Gasteiger partial charge in [0.1, 0.15) is 0 Å². The molecule has 1 aromatic carbocycles. The van der Waals surface area contributed by atoms with Gasteiger partial charge in [-0.05, 0) is 24.8 Å². The molecule has 1 aromatic rings. The van der Waals surface area contributed by atoms with Gasteiger partial charge < -0.3 is 5.11 Å². The van der Waals surface area contributed by atoms with Gasteiger partial charge in [0.25, 0.3) is 0 Å². The standard InChI is InChI=1S/C12H19NO3S/c14-10-4-5-11-17(15,16)13-9-8-12-6-2-1-3-7-12/h1-3,6-7,13-14H,4-5,8-11H2. The number of nitrogens with one attached hydrogen (secondary N) is 1. The van der Waals surface area contributed by atoms with Gasteiger partial charge in [-0.2, -0.15) is 0 Å². The molecule has 0 atom stereocenters. The first-order valence-electron chi connectivity index (χ1n) is 5.76. The van der Waals surface area contributed by atoms with Crippen LogP contribution in [0.5, 0.6) is 0 Å². The van der Waals surface area contributed by atoms with Crippen LogP contribution >= 0.6 is 0 Å². The summed E-state index contributed by atoms with van der Waals surface area (Å²) in [6.07, 6.45) is 1.72. The molecular formula is C12H19NO3S. The summed E-state index contributed by atoms with van der Waals surface area (Å²) >= 11 is 0. The normalized spacial score (nSPS) is 11.6. The first-order valence-corrected chi connectivity index (χ1v) is 7.41. The SMILES string of the molecule is O=S(=O)(CCCCO)NCCc1ccccc1. The summed E-state index contributed by atoms with van der Waals surface area (Å²) in [5.74, 6) is 0.0857. The van der Waals surface area contributed by atoms with Gasteiger partial charge in [-0.15, -0.1) is 0 Å². The predicted octanol–water partition coefficient (Wildman–Crippen LogP) is 0.921. The molecule has 0 saturated carbocycles. The van der Waals surface area contributed by atoms with E-state index in [0.29, 0.717) is 25.8 Å². The van der Waals surface area contributed by atoms with E-state index < -0.39 is 10.0 Å². The Morgan fingerprint density at radius 1 is 1.12 bits per heavy atom. The fourth-order valence-electron chi connectivity index (χ4n) is 1.47. The van der Waals surface area contributed by atoms with E-state index in [-0.39, 0.29) is 12.4 Å². The molecule has 0 aliphatic rings. The fourth-order valence-corrected chi connectivity index (χ4v) is 2.61. The third-order valence-electron chi connectivity index (χ3n) is 2.40. The van der Waals surface area contributed by atoms with Crippen molar-refractivity contribution in [3.8, 4) is 0 Å². The minimum Gasteiger partial charge on any atom is -0.396 e. The van der Waals surface area contributed by atoms with Gasteiger partial charge in [-0.25, -0.2) is 13.1 Å². The largest absolute Gasteiger partial charge is 0.396 e. The Bertz CT molecular complexity index is 403. The number of hydrogen-bond acceptors (Lipinski definition) is 3. The van der Waals surface area contributed by atoms with Gasteiger partial charge in [-0.1, -0.05) is 30.3 Å². The highest BCUT2D eigenvalue weighted by atomic mass is 32.2. The highest BCUT2D eigenvalue weighted by Crippen LogP contribution is 1.99. The molecule has 5 heteroatoms. The maximum absolute atomic E-state index is 11.5. The van der Waals surface area contributed by atoms with Crippen LogP contribution in [0.3, 0.4) is 0 Å². The lowest BCUT2D eigenvalue weighted by Gasteiger charge is -2.06. The Balaban J connectivity index is 2.26. The van der Waals surface area contributed by atoms with Gasteiger partial charge in [0.2, 0.25) is 10.0 Å². The van der Waals surface area contributed by atoms with Crippen molar-refractivity contribution in [1.82, 2.24) is 4.72 Å². The monoisotopic (exact) mass is 257 g/mol. The second-order valence-electron chi connectivity index (χ2n) is 3.88. The highest BCUT2D eigenvalue weighted by Gasteiger charge is 2.08. The molecule has 0 aromatic heterocycles. The van der Waals surface area contributed by atoms with Crippen LogP contribution in [-0.2, 0) is 16.4 Å². The molecule has 0 saturated heterocycles. The molecule has 17 heavy (non-hydrogen) atoms. The molecule has 0 aliphatic carbocycles. The Kier molecular flexibility index (Phi) is 6.18. The second kappa shape index (κ2) is 7.42. The first kappa shape index (κ1) is 14.2. The van der Waals surface area contributed by atoms with Crippen LogP contribution < -0.4 is 4.72 Å². The van der Waals surface area contributed by atoms with Gasteiger partial charge >= 0.3 is 0 Å². The van der Waals surface area contributed by atoms with Gasteiger partial charge in [0.05, 0.1) is 5.75 Å². The Morgan fingerprint density at radius 3 is 2.47 bits per heavy atom. The number of aliphatic hydroxyl groups is 1. The number of hydrogen-bond donors (Lipinski definition) is 2. The zero-order chi connectivity index (χ0) is 12.6. The van der Waals surface area contributed by atoms with E-state index in [1.165, 1.54) is 0 Å². The van der Waals surface area contributed by atoms with Crippen LogP contribution in [-0.4, -0.2) is 32.4 Å². The summed E-state index contributed by atoms with van der Waals surface area (Å²) < 4.78 is 25.6. The van der Waals surface area contributed by atoms with E-state index >= 15 is 0 Å². The molecule has 2 N–H and O–H groups in total. The summed E-state index contributed by atoms with van der Waals surface area (Å²) in [6, 6.07) is 9.75. The zero-order valence-corrected chi connectivity index (χ0v) is 10.6. The molecule has 1 rings (SSSR count). The number of aliphatic hydroxyl groups excluding tert-OH is 1. The highest BCUT2D eigenvalue weighted by molar-refractivity contribution is 7.89. The molecule has 96 valence electrons. The lowest BCUT2D eigenvalue weighted by molar-refractivity contribution is 0.287. The Morgan fingerprint density at radius 2 is 1.82 bits per heavy atom. The van der Waals surface area contributed by atoms with E-state index in [1.807, 2.05) is 30.3 Å². The van der Waals surface area contributed by atoms with Gasteiger partial charge in [-0.3, -0.25) is 0 Å². The maximum atomic E-state index is 11.5. The van der Waals surface area contributed by atoms with Crippen molar-refractivity contribution in [2.24, 2.45) is 0 Å². The minimum absolute atomic E-state index is 0.0412. The molecule has 0 heterocycles. The molecule has 0 aliphatic heterocycles. The van der Waals surface area contributed by atoms with E-state index in [4.69, 9.17) is 5.11 Å². The molecule has 0 radical (unpaired) electrons. The number of rotatable bonds is 8. The lowest BCUT2D eigenvalue weighted by atomic mass is 10.2. The fraction of sp³-hybridized carbons (Fsp3) is 0.500. The lowest BCUT2D eigenvalue weighted by Crippen LogP contribution is -2.28. The minimum atomic E-state index is -3.19. The summed E-state index contributed by atoms with van der Waals surface area (Å²) in [6.45, 7) is 0.463. The van der Waals surface area contributed by atoms with Crippen molar-refractivity contribution in [3.05, 3.63) is 35.9 Å². The van der Waals surface area contributed by atoms with Crippen molar-refractivity contribution < 1.29 is 13.5 Å². The average molecular weight is 257 g/mol. The van der Waals surface area contributed by atoms with Crippen LogP contribution in [0, 0.1) is 0 Å². The molecule has 0 amide bonds. The topological polar surface area (TPSA) is 66.4 Å². The van der Waals surface area contributed by atoms with Gasteiger partial charge in [0, 0.05) is 13.2 Å². The van der Waals surface area contributed by atoms with E-state index in [2.05, 4.69) is 4.72 Å². The van der Waals surface area contributed by atoms with Gasteiger partial charge in [0.15, 0.2) is 0 Å². The van der Waals surface area contributed by atoms with Crippen molar-refractivity contribution in [2.45, 2.75) is 19.3 Å². The summed E-state index contributed by atoms with van der Waals surface area (Å²) in [4.78, 5) is 0. The molecule has 0 fully saturated rings. The number of benzene rings is 1. The van der Waals surface area contributed by atoms with Crippen LogP contribution in [0.1, 0.15) is 18.4 Å². The molecule has 0 bridgehead atoms. The van der Waals surface area contributed by atoms with Crippen LogP contribution in [0.25, 0.3) is 0 Å². The molecule has 0 unspecified atom stereocenters. The summed E-state index contributed by atoms with van der Waals surface area (Å²) in [7, 11) is -3.19. The summed E-state index contributed by atoms with van der Waals surface area (Å²) in [5.41, 5.74) is 1.12. The van der Waals surface area contributed by atoms with E-state index in [1.54, 1.807) is 0 Å². The third kappa shape index (κ3) is 6.41. The maximum Gasteiger partial charge on any atom is 0.211 e. The van der Waals surface area contributed by atoms with Crippen molar-refractivity contribution in [1.29, 1.82) is 0 Å². The van der Waals surface area contributed by atoms with Crippen molar-refractivity contribution in [2.75, 3.05) is 18.9 Å². The smallest absolute Gasteiger partial charge is 0.211 e. The predicted molar refractivity (Wildman–Crippen MR) is 68.3 cm³/mol. The van der Waals surface area contributed by atoms with E-state index in [9.17, 15) is 8.42 Å². The number of unbranched alkanes of at least 4 members (excludes halogenated alkanes) is 1. The van der Waals surface area contributed by atoms with Crippen LogP contribution in [0.15, 0.2) is 30.3 Å². The quantitative estimate of drug-likeness (QED) is 0.681. The second-order valence-corrected chi connectivity index (χ2v) is 5.81. The number of sulfonamides is 1. The summed E-state index contributed by atoms with van der Waals surface area (Å²) in [5, 5.41) is 8.57. The average Bonchev–Trinajstić information content (AvgIpc) is 2.30. The van der Waals surface area contributed by atoms with Crippen molar-refractivity contribution in [3.63, 3.8) is 0 Å². The van der Waals surface area contributed by atoms with Crippen LogP contribution in [0.2, 0.25) is 0 Å². The zero-order valence-electron chi connectivity index (χ0n) is 9.80. The molecule has 0 spiro atoms. The molecule has 4 nitrogen and oxygen atoms in total. The third-order valence-corrected chi connectivity index (χ3v) is 3.87. The van der Waals surface area contributed by atoms with Crippen molar-refractivity contribution >= 4 is 10.0 Å². The van der Waals surface area contributed by atoms with Crippen LogP contribution in [0.4, 0.5) is 0 Å². The Labute approximate surface area is 103 Å².